The van der Waals surface area contributed by atoms with Crippen molar-refractivity contribution in [3.63, 3.8) is 0 Å². The van der Waals surface area contributed by atoms with Gasteiger partial charge in [-0.05, 0) is 24.3 Å². The third-order valence-corrected chi connectivity index (χ3v) is 1.97. The van der Waals surface area contributed by atoms with Gasteiger partial charge in [0.2, 0.25) is 0 Å². The van der Waals surface area contributed by atoms with E-state index in [1.54, 1.807) is 38.4 Å². The third-order valence-electron chi connectivity index (χ3n) is 1.97. The van der Waals surface area contributed by atoms with Gasteiger partial charge in [0.25, 0.3) is 5.91 Å². The zero-order valence-corrected chi connectivity index (χ0v) is 8.23. The van der Waals surface area contributed by atoms with Crippen molar-refractivity contribution in [2.24, 2.45) is 0 Å². The van der Waals surface area contributed by atoms with E-state index in [-0.39, 0.29) is 5.91 Å². The molecule has 14 heavy (non-hydrogen) atoms. The molecule has 0 aliphatic heterocycles. The van der Waals surface area contributed by atoms with Crippen LogP contribution in [0.15, 0.2) is 24.3 Å². The van der Waals surface area contributed by atoms with E-state index in [1.165, 1.54) is 4.90 Å². The van der Waals surface area contributed by atoms with Crippen LogP contribution in [0.3, 0.4) is 0 Å². The smallest absolute Gasteiger partial charge is 0.252 e. The Labute approximate surface area is 82.7 Å². The first-order valence-corrected chi connectivity index (χ1v) is 4.20. The molecule has 0 saturated carbocycles. The predicted molar refractivity (Wildman–Crippen MR) is 53.5 cm³/mol. The lowest BCUT2D eigenvalue weighted by molar-refractivity contribution is -0.120. The van der Waals surface area contributed by atoms with Crippen molar-refractivity contribution in [2.75, 3.05) is 25.7 Å². The SMILES string of the molecule is COc1ccc(N(C)C(=O)CO)cc1. The summed E-state index contributed by atoms with van der Waals surface area (Å²) in [6.07, 6.45) is 0. The minimum absolute atomic E-state index is 0.338. The average molecular weight is 195 g/mol. The fourth-order valence-corrected chi connectivity index (χ4v) is 1.06. The van der Waals surface area contributed by atoms with Gasteiger partial charge in [-0.2, -0.15) is 0 Å². The van der Waals surface area contributed by atoms with Crippen LogP contribution in [0, 0.1) is 0 Å². The average Bonchev–Trinajstić information content (AvgIpc) is 2.27. The van der Waals surface area contributed by atoms with Crippen molar-refractivity contribution >= 4 is 11.6 Å². The molecule has 0 atom stereocenters. The van der Waals surface area contributed by atoms with Crippen LogP contribution in [-0.4, -0.2) is 31.8 Å². The van der Waals surface area contributed by atoms with Gasteiger partial charge in [0.1, 0.15) is 12.4 Å². The molecular weight excluding hydrogens is 182 g/mol. The van der Waals surface area contributed by atoms with Crippen molar-refractivity contribution in [3.05, 3.63) is 24.3 Å². The summed E-state index contributed by atoms with van der Waals surface area (Å²) in [6.45, 7) is -0.484. The number of aliphatic hydroxyl groups is 1. The highest BCUT2D eigenvalue weighted by Crippen LogP contribution is 2.17. The maximum Gasteiger partial charge on any atom is 0.252 e. The second kappa shape index (κ2) is 4.62. The summed E-state index contributed by atoms with van der Waals surface area (Å²) in [5.41, 5.74) is 0.727. The number of ether oxygens (including phenoxy) is 1. The number of likely N-dealkylation sites (N-methyl/N-ethyl adjacent to an activating group) is 1. The summed E-state index contributed by atoms with van der Waals surface area (Å²) in [5.74, 6) is 0.397. The normalized spacial score (nSPS) is 9.64. The summed E-state index contributed by atoms with van der Waals surface area (Å²) in [7, 11) is 3.19. The minimum atomic E-state index is -0.484. The molecular formula is C10H13NO3. The van der Waals surface area contributed by atoms with Gasteiger partial charge >= 0.3 is 0 Å². The first-order valence-electron chi connectivity index (χ1n) is 4.20. The van der Waals surface area contributed by atoms with Crippen molar-refractivity contribution in [3.8, 4) is 5.75 Å². The van der Waals surface area contributed by atoms with Crippen LogP contribution in [0.1, 0.15) is 0 Å². The minimum Gasteiger partial charge on any atom is -0.497 e. The molecule has 4 heteroatoms. The second-order valence-corrected chi connectivity index (χ2v) is 2.81. The molecule has 1 amide bonds. The topological polar surface area (TPSA) is 49.8 Å². The summed E-state index contributed by atoms with van der Waals surface area (Å²) < 4.78 is 4.98. The monoisotopic (exact) mass is 195 g/mol. The molecule has 4 nitrogen and oxygen atoms in total. The third kappa shape index (κ3) is 2.23. The van der Waals surface area contributed by atoms with E-state index < -0.39 is 6.61 Å². The number of amides is 1. The summed E-state index contributed by atoms with van der Waals surface area (Å²) in [4.78, 5) is 12.5. The first-order chi connectivity index (χ1) is 6.69. The fourth-order valence-electron chi connectivity index (χ4n) is 1.06. The molecule has 0 bridgehead atoms. The zero-order chi connectivity index (χ0) is 10.6. The van der Waals surface area contributed by atoms with Crippen LogP contribution in [0.25, 0.3) is 0 Å². The maximum atomic E-state index is 11.1. The van der Waals surface area contributed by atoms with Crippen LogP contribution < -0.4 is 9.64 Å². The quantitative estimate of drug-likeness (QED) is 0.770. The van der Waals surface area contributed by atoms with Crippen LogP contribution in [0.4, 0.5) is 5.69 Å². The molecule has 0 aromatic heterocycles. The predicted octanol–water partition coefficient (Wildman–Crippen LogP) is 0.650. The van der Waals surface area contributed by atoms with Crippen molar-refractivity contribution in [1.82, 2.24) is 0 Å². The number of hydrogen-bond donors (Lipinski definition) is 1. The fraction of sp³-hybridized carbons (Fsp3) is 0.300. The summed E-state index contributed by atoms with van der Waals surface area (Å²) in [5, 5.41) is 8.65. The Morgan fingerprint density at radius 2 is 2.00 bits per heavy atom. The Kier molecular flexibility index (Phi) is 3.48. The number of carbonyl (C=O) groups excluding carboxylic acids is 1. The zero-order valence-electron chi connectivity index (χ0n) is 8.23. The van der Waals surface area contributed by atoms with E-state index in [4.69, 9.17) is 9.84 Å². The highest BCUT2D eigenvalue weighted by Gasteiger charge is 2.08. The second-order valence-electron chi connectivity index (χ2n) is 2.81. The first kappa shape index (κ1) is 10.5. The van der Waals surface area contributed by atoms with Crippen molar-refractivity contribution in [2.45, 2.75) is 0 Å². The number of methoxy groups -OCH3 is 1. The van der Waals surface area contributed by atoms with Gasteiger partial charge in [0.05, 0.1) is 7.11 Å². The number of carbonyl (C=O) groups is 1. The number of rotatable bonds is 3. The van der Waals surface area contributed by atoms with Crippen LogP contribution in [-0.2, 0) is 4.79 Å². The molecule has 1 aromatic carbocycles. The number of benzene rings is 1. The Bertz CT molecular complexity index is 308. The molecule has 0 aliphatic carbocycles. The van der Waals surface area contributed by atoms with E-state index in [0.717, 1.165) is 11.4 Å². The van der Waals surface area contributed by atoms with E-state index in [2.05, 4.69) is 0 Å². The molecule has 0 aliphatic rings. The van der Waals surface area contributed by atoms with Gasteiger partial charge in [-0.3, -0.25) is 4.79 Å². The van der Waals surface area contributed by atoms with Gasteiger partial charge in [-0.1, -0.05) is 0 Å². The van der Waals surface area contributed by atoms with Crippen LogP contribution in [0.2, 0.25) is 0 Å². The maximum absolute atomic E-state index is 11.1. The molecule has 0 saturated heterocycles. The Morgan fingerprint density at radius 3 is 2.43 bits per heavy atom. The van der Waals surface area contributed by atoms with Gasteiger partial charge < -0.3 is 14.7 Å². The van der Waals surface area contributed by atoms with Crippen molar-refractivity contribution in [1.29, 1.82) is 0 Å². The molecule has 0 spiro atoms. The van der Waals surface area contributed by atoms with E-state index in [9.17, 15) is 4.79 Å². The Hall–Kier alpha value is -1.55. The number of anilines is 1. The lowest BCUT2D eigenvalue weighted by atomic mass is 10.3. The Morgan fingerprint density at radius 1 is 1.43 bits per heavy atom. The molecule has 0 fully saturated rings. The lowest BCUT2D eigenvalue weighted by Gasteiger charge is -2.15. The largest absolute Gasteiger partial charge is 0.497 e. The molecule has 76 valence electrons. The van der Waals surface area contributed by atoms with Gasteiger partial charge in [0.15, 0.2) is 0 Å². The van der Waals surface area contributed by atoms with Crippen molar-refractivity contribution < 1.29 is 14.6 Å². The molecule has 0 radical (unpaired) electrons. The summed E-state index contributed by atoms with van der Waals surface area (Å²) >= 11 is 0. The lowest BCUT2D eigenvalue weighted by Crippen LogP contribution is -2.28. The summed E-state index contributed by atoms with van der Waals surface area (Å²) in [6, 6.07) is 7.03. The molecule has 1 rings (SSSR count). The highest BCUT2D eigenvalue weighted by molar-refractivity contribution is 5.93. The molecule has 0 unspecified atom stereocenters. The van der Waals surface area contributed by atoms with E-state index in [0.29, 0.717) is 0 Å². The van der Waals surface area contributed by atoms with E-state index in [1.807, 2.05) is 0 Å². The molecule has 1 N–H and O–H groups in total. The van der Waals surface area contributed by atoms with Crippen LogP contribution >= 0.6 is 0 Å². The van der Waals surface area contributed by atoms with Crippen LogP contribution in [0.5, 0.6) is 5.75 Å². The standard InChI is InChI=1S/C10H13NO3/c1-11(10(13)7-12)8-3-5-9(14-2)6-4-8/h3-6,12H,7H2,1-2H3. The Balaban J connectivity index is 2.81. The molecule has 0 heterocycles. The number of nitrogens with zero attached hydrogens (tertiary/aromatic N) is 1. The van der Waals surface area contributed by atoms with Gasteiger partial charge in [-0.25, -0.2) is 0 Å². The van der Waals surface area contributed by atoms with Gasteiger partial charge in [0, 0.05) is 12.7 Å². The van der Waals surface area contributed by atoms with E-state index >= 15 is 0 Å². The molecule has 1 aromatic rings. The number of hydrogen-bond acceptors (Lipinski definition) is 3. The highest BCUT2D eigenvalue weighted by atomic mass is 16.5. The number of aliphatic hydroxyl groups excluding tert-OH is 1. The van der Waals surface area contributed by atoms with Gasteiger partial charge in [-0.15, -0.1) is 0 Å².